The van der Waals surface area contributed by atoms with Gasteiger partial charge in [-0.3, -0.25) is 4.90 Å². The van der Waals surface area contributed by atoms with Crippen LogP contribution in [0.15, 0.2) is 65.7 Å². The predicted octanol–water partition coefficient (Wildman–Crippen LogP) is 2.91. The molecular formula is C21H23N5O3S. The fraction of sp³-hybridized carbons (Fsp3) is 0.333. The van der Waals surface area contributed by atoms with Crippen LogP contribution in [0.2, 0.25) is 0 Å². The molecule has 1 aliphatic heterocycles. The third-order valence-corrected chi connectivity index (χ3v) is 6.06. The number of allylic oxidation sites excluding steroid dienone is 1. The number of aromatic nitrogens is 3. The van der Waals surface area contributed by atoms with Crippen LogP contribution in [0.4, 0.5) is 4.79 Å². The molecule has 4 rings (SSSR count). The van der Waals surface area contributed by atoms with Crippen LogP contribution >= 0.6 is 11.8 Å². The molecule has 2 aliphatic rings. The number of amides is 2. The average molecular weight is 426 g/mol. The minimum atomic E-state index is -0.567. The van der Waals surface area contributed by atoms with Crippen LogP contribution < -0.4 is 5.32 Å². The lowest BCUT2D eigenvalue weighted by Crippen LogP contribution is -2.50. The Bertz CT molecular complexity index is 984. The van der Waals surface area contributed by atoms with E-state index < -0.39 is 12.0 Å². The van der Waals surface area contributed by atoms with Crippen LogP contribution in [0.5, 0.6) is 0 Å². The molecule has 0 spiro atoms. The lowest BCUT2D eigenvalue weighted by Gasteiger charge is -2.36. The van der Waals surface area contributed by atoms with Crippen molar-refractivity contribution in [2.75, 3.05) is 12.9 Å². The van der Waals surface area contributed by atoms with Crippen LogP contribution in [0.1, 0.15) is 24.4 Å². The zero-order valence-electron chi connectivity index (χ0n) is 16.7. The van der Waals surface area contributed by atoms with Gasteiger partial charge in [0.2, 0.25) is 0 Å². The Labute approximate surface area is 179 Å². The van der Waals surface area contributed by atoms with Gasteiger partial charge in [-0.2, -0.15) is 0 Å². The van der Waals surface area contributed by atoms with E-state index in [1.54, 1.807) is 17.3 Å². The maximum atomic E-state index is 13.0. The summed E-state index contributed by atoms with van der Waals surface area (Å²) in [4.78, 5) is 27.6. The molecule has 1 atom stereocenters. The Morgan fingerprint density at radius 2 is 2.13 bits per heavy atom. The van der Waals surface area contributed by atoms with Crippen LogP contribution in [-0.2, 0) is 16.1 Å². The molecule has 30 heavy (non-hydrogen) atoms. The number of nitrogens with zero attached hydrogens (tertiary/aromatic N) is 4. The number of benzene rings is 1. The molecule has 1 aromatic carbocycles. The van der Waals surface area contributed by atoms with Crippen molar-refractivity contribution in [2.24, 2.45) is 0 Å². The average Bonchev–Trinajstić information content (AvgIpc) is 3.51. The minimum absolute atomic E-state index is 0.100. The molecule has 1 aromatic heterocycles. The van der Waals surface area contributed by atoms with E-state index in [1.165, 1.54) is 18.9 Å². The molecule has 9 heteroatoms. The van der Waals surface area contributed by atoms with Gasteiger partial charge < -0.3 is 14.6 Å². The Balaban J connectivity index is 1.75. The summed E-state index contributed by atoms with van der Waals surface area (Å²) in [5, 5.41) is 11.8. The maximum Gasteiger partial charge on any atom is 0.338 e. The summed E-state index contributed by atoms with van der Waals surface area (Å²) < 4.78 is 6.99. The molecule has 1 N–H and O–H groups in total. The second kappa shape index (κ2) is 8.74. The second-order valence-corrected chi connectivity index (χ2v) is 8.03. The maximum absolute atomic E-state index is 13.0. The highest BCUT2D eigenvalue weighted by molar-refractivity contribution is 7.99. The summed E-state index contributed by atoms with van der Waals surface area (Å²) in [5.41, 5.74) is 1.96. The van der Waals surface area contributed by atoms with Crippen LogP contribution in [0.25, 0.3) is 0 Å². The van der Waals surface area contributed by atoms with Gasteiger partial charge in [0, 0.05) is 24.0 Å². The van der Waals surface area contributed by atoms with E-state index in [0.717, 1.165) is 18.4 Å². The van der Waals surface area contributed by atoms with Gasteiger partial charge in [0.05, 0.1) is 18.7 Å². The highest BCUT2D eigenvalue weighted by Crippen LogP contribution is 2.39. The third-order valence-electron chi connectivity index (χ3n) is 5.07. The van der Waals surface area contributed by atoms with Gasteiger partial charge in [-0.25, -0.2) is 9.59 Å². The summed E-state index contributed by atoms with van der Waals surface area (Å²) in [6.45, 7) is 4.33. The molecule has 0 saturated heterocycles. The van der Waals surface area contributed by atoms with Crippen molar-refractivity contribution in [2.45, 2.75) is 36.6 Å². The molecule has 0 unspecified atom stereocenters. The van der Waals surface area contributed by atoms with Gasteiger partial charge in [0.15, 0.2) is 5.16 Å². The van der Waals surface area contributed by atoms with Gasteiger partial charge in [-0.05, 0) is 18.4 Å². The Morgan fingerprint density at radius 1 is 1.37 bits per heavy atom. The Morgan fingerprint density at radius 3 is 2.80 bits per heavy atom. The number of ether oxygens (including phenoxy) is 1. The van der Waals surface area contributed by atoms with E-state index >= 15 is 0 Å². The van der Waals surface area contributed by atoms with Gasteiger partial charge in [-0.1, -0.05) is 48.2 Å². The standard InChI is InChI=1S/C21H23N5O3S/c1-3-11-25-13-22-24-21(25)30-12-16-17(19(27)29-2)18(14-7-5-4-6-8-14)23-20(28)26(16)15-9-10-15/h3-8,13,15,18H,1,9-12H2,2H3,(H,23,28)/t18-/m0/s1. The van der Waals surface area contributed by atoms with Crippen molar-refractivity contribution in [3.05, 3.63) is 66.1 Å². The fourth-order valence-electron chi connectivity index (χ4n) is 3.54. The molecule has 8 nitrogen and oxygen atoms in total. The number of carbonyl (C=O) groups is 2. The number of hydrogen-bond donors (Lipinski definition) is 1. The number of methoxy groups -OCH3 is 1. The second-order valence-electron chi connectivity index (χ2n) is 7.09. The molecule has 0 radical (unpaired) electrons. The molecule has 156 valence electrons. The number of nitrogens with one attached hydrogen (secondary N) is 1. The number of thioether (sulfide) groups is 1. The number of carbonyl (C=O) groups excluding carboxylic acids is 2. The number of rotatable bonds is 8. The molecular weight excluding hydrogens is 402 g/mol. The number of urea groups is 1. The van der Waals surface area contributed by atoms with Crippen molar-refractivity contribution in [3.63, 3.8) is 0 Å². The summed E-state index contributed by atoms with van der Waals surface area (Å²) in [6, 6.07) is 8.80. The van der Waals surface area contributed by atoms with Crippen molar-refractivity contribution < 1.29 is 14.3 Å². The SMILES string of the molecule is C=CCn1cnnc1SCC1=C(C(=O)OC)[C@H](c2ccccc2)NC(=O)N1C1CC1. The van der Waals surface area contributed by atoms with E-state index in [4.69, 9.17) is 4.74 Å². The molecule has 2 amide bonds. The van der Waals surface area contributed by atoms with Gasteiger partial charge in [0.1, 0.15) is 6.33 Å². The van der Waals surface area contributed by atoms with Crippen molar-refractivity contribution in [3.8, 4) is 0 Å². The number of esters is 1. The van der Waals surface area contributed by atoms with Gasteiger partial charge in [-0.15, -0.1) is 16.8 Å². The molecule has 1 aliphatic carbocycles. The smallest absolute Gasteiger partial charge is 0.338 e. The van der Waals surface area contributed by atoms with E-state index in [2.05, 4.69) is 22.1 Å². The summed E-state index contributed by atoms with van der Waals surface area (Å²) in [6.07, 6.45) is 5.23. The lowest BCUT2D eigenvalue weighted by atomic mass is 9.95. The summed E-state index contributed by atoms with van der Waals surface area (Å²) in [5.74, 6) is -0.0503. The minimum Gasteiger partial charge on any atom is -0.466 e. The first-order valence-electron chi connectivity index (χ1n) is 9.71. The largest absolute Gasteiger partial charge is 0.466 e. The highest BCUT2D eigenvalue weighted by Gasteiger charge is 2.44. The van der Waals surface area contributed by atoms with Crippen LogP contribution in [0, 0.1) is 0 Å². The summed E-state index contributed by atoms with van der Waals surface area (Å²) in [7, 11) is 1.36. The van der Waals surface area contributed by atoms with Crippen LogP contribution in [-0.4, -0.2) is 50.6 Å². The van der Waals surface area contributed by atoms with Crippen molar-refractivity contribution in [1.29, 1.82) is 0 Å². The Hall–Kier alpha value is -3.07. The van der Waals surface area contributed by atoms with E-state index in [0.29, 0.717) is 28.7 Å². The predicted molar refractivity (Wildman–Crippen MR) is 113 cm³/mol. The first kappa shape index (κ1) is 20.2. The normalized spacial score (nSPS) is 18.9. The van der Waals surface area contributed by atoms with Crippen molar-refractivity contribution >= 4 is 23.8 Å². The Kier molecular flexibility index (Phi) is 5.89. The van der Waals surface area contributed by atoms with Crippen LogP contribution in [0.3, 0.4) is 0 Å². The topological polar surface area (TPSA) is 89.4 Å². The zero-order chi connectivity index (χ0) is 21.1. The number of hydrogen-bond acceptors (Lipinski definition) is 6. The molecule has 1 fully saturated rings. The molecule has 2 aromatic rings. The molecule has 0 bridgehead atoms. The summed E-state index contributed by atoms with van der Waals surface area (Å²) >= 11 is 1.43. The monoisotopic (exact) mass is 425 g/mol. The van der Waals surface area contributed by atoms with Crippen molar-refractivity contribution in [1.82, 2.24) is 25.0 Å². The van der Waals surface area contributed by atoms with E-state index in [9.17, 15) is 9.59 Å². The van der Waals surface area contributed by atoms with Gasteiger partial charge in [0.25, 0.3) is 0 Å². The highest BCUT2D eigenvalue weighted by atomic mass is 32.2. The first-order chi connectivity index (χ1) is 14.6. The lowest BCUT2D eigenvalue weighted by molar-refractivity contribution is -0.136. The molecule has 2 heterocycles. The fourth-order valence-corrected chi connectivity index (χ4v) is 4.50. The van der Waals surface area contributed by atoms with E-state index in [-0.39, 0.29) is 12.1 Å². The molecule has 1 saturated carbocycles. The van der Waals surface area contributed by atoms with Gasteiger partial charge >= 0.3 is 12.0 Å². The zero-order valence-corrected chi connectivity index (χ0v) is 17.5. The van der Waals surface area contributed by atoms with E-state index in [1.807, 2.05) is 34.9 Å². The quantitative estimate of drug-likeness (QED) is 0.397. The first-order valence-corrected chi connectivity index (χ1v) is 10.7. The third kappa shape index (κ3) is 3.97.